The fourth-order valence-corrected chi connectivity index (χ4v) is 3.00. The Kier molecular flexibility index (Phi) is 6.96. The Labute approximate surface area is 153 Å². The summed E-state index contributed by atoms with van der Waals surface area (Å²) in [5, 5.41) is 4.93. The summed E-state index contributed by atoms with van der Waals surface area (Å²) in [6, 6.07) is -0.558. The van der Waals surface area contributed by atoms with Gasteiger partial charge in [0, 0.05) is 5.38 Å². The van der Waals surface area contributed by atoms with Crippen molar-refractivity contribution in [2.24, 2.45) is 0 Å². The van der Waals surface area contributed by atoms with E-state index in [1.165, 1.54) is 18.4 Å². The maximum Gasteiger partial charge on any atom is 0.408 e. The summed E-state index contributed by atoms with van der Waals surface area (Å²) in [6.07, 6.45) is -0.958. The summed E-state index contributed by atoms with van der Waals surface area (Å²) in [6.45, 7) is 13.0. The third kappa shape index (κ3) is 7.39. The molecule has 2 atom stereocenters. The van der Waals surface area contributed by atoms with Crippen LogP contribution in [0.15, 0.2) is 5.38 Å². The fraction of sp³-hybridized carbons (Fsp3) is 0.706. The van der Waals surface area contributed by atoms with Crippen LogP contribution >= 0.6 is 11.3 Å². The van der Waals surface area contributed by atoms with Gasteiger partial charge in [-0.25, -0.2) is 14.6 Å². The summed E-state index contributed by atoms with van der Waals surface area (Å²) >= 11 is 1.25. The molecule has 1 aromatic rings. The van der Waals surface area contributed by atoms with Crippen molar-refractivity contribution in [3.8, 4) is 0 Å². The maximum atomic E-state index is 12.2. The molecule has 0 aliphatic carbocycles. The second-order valence-corrected chi connectivity index (χ2v) is 8.51. The number of carbonyl (C=O) groups excluding carboxylic acids is 2. The van der Waals surface area contributed by atoms with E-state index < -0.39 is 29.3 Å². The number of hydrogen-bond donors (Lipinski definition) is 1. The second kappa shape index (κ2) is 8.14. The van der Waals surface area contributed by atoms with Gasteiger partial charge in [-0.3, -0.25) is 0 Å². The van der Waals surface area contributed by atoms with Crippen LogP contribution in [-0.4, -0.2) is 41.5 Å². The van der Waals surface area contributed by atoms with E-state index in [-0.39, 0.29) is 11.8 Å². The smallest absolute Gasteiger partial charge is 0.408 e. The van der Waals surface area contributed by atoms with Crippen LogP contribution in [-0.2, 0) is 14.2 Å². The van der Waals surface area contributed by atoms with E-state index in [0.717, 1.165) is 0 Å². The maximum absolute atomic E-state index is 12.2. The molecule has 7 nitrogen and oxygen atoms in total. The summed E-state index contributed by atoms with van der Waals surface area (Å²) in [4.78, 5) is 28.1. The molecular formula is C17H28N2O5S. The molecule has 0 aliphatic heterocycles. The standard InChI is InChI=1S/C17H28N2O5S/c1-10(23-16(2,3)4)12(19-15(21)24-17(5,6)7)13-18-11(9-25-13)14(20)22-8/h9-10,12H,1-8H3,(H,19,21)/t10-,12+/m1/s1. The molecule has 25 heavy (non-hydrogen) atoms. The monoisotopic (exact) mass is 372 g/mol. The van der Waals surface area contributed by atoms with Gasteiger partial charge in [0.05, 0.1) is 18.8 Å². The molecule has 0 bridgehead atoms. The molecule has 0 saturated heterocycles. The van der Waals surface area contributed by atoms with Crippen molar-refractivity contribution >= 4 is 23.4 Å². The third-order valence-electron chi connectivity index (χ3n) is 2.86. The molecule has 0 aliphatic rings. The quantitative estimate of drug-likeness (QED) is 0.793. The molecule has 0 radical (unpaired) electrons. The predicted octanol–water partition coefficient (Wildman–Crippen LogP) is 3.70. The summed E-state index contributed by atoms with van der Waals surface area (Å²) in [5.74, 6) is -0.525. The zero-order chi connectivity index (χ0) is 19.4. The van der Waals surface area contributed by atoms with E-state index in [4.69, 9.17) is 9.47 Å². The topological polar surface area (TPSA) is 86.8 Å². The van der Waals surface area contributed by atoms with Crippen LogP contribution in [0.3, 0.4) is 0 Å². The average Bonchev–Trinajstić information content (AvgIpc) is 2.89. The van der Waals surface area contributed by atoms with Gasteiger partial charge >= 0.3 is 12.1 Å². The second-order valence-electron chi connectivity index (χ2n) is 7.62. The SMILES string of the molecule is COC(=O)c1csc([C@@H](NC(=O)OC(C)(C)C)[C@@H](C)OC(C)(C)C)n1. The van der Waals surface area contributed by atoms with Gasteiger partial charge in [-0.05, 0) is 48.5 Å². The molecule has 1 heterocycles. The number of hydrogen-bond acceptors (Lipinski definition) is 7. The van der Waals surface area contributed by atoms with Gasteiger partial charge in [-0.15, -0.1) is 11.3 Å². The number of amides is 1. The summed E-state index contributed by atoms with van der Waals surface area (Å²) in [7, 11) is 1.29. The van der Waals surface area contributed by atoms with Gasteiger partial charge < -0.3 is 19.5 Å². The van der Waals surface area contributed by atoms with E-state index in [1.807, 2.05) is 27.7 Å². The molecule has 1 rings (SSSR count). The average molecular weight is 372 g/mol. The van der Waals surface area contributed by atoms with Crippen molar-refractivity contribution < 1.29 is 23.8 Å². The third-order valence-corrected chi connectivity index (χ3v) is 3.79. The number of alkyl carbamates (subject to hydrolysis) is 1. The highest BCUT2D eigenvalue weighted by molar-refractivity contribution is 7.09. The lowest BCUT2D eigenvalue weighted by atomic mass is 10.1. The summed E-state index contributed by atoms with van der Waals surface area (Å²) < 4.78 is 16.0. The van der Waals surface area contributed by atoms with E-state index in [2.05, 4.69) is 15.0 Å². The highest BCUT2D eigenvalue weighted by Gasteiger charge is 2.31. The minimum atomic E-state index is -0.622. The number of carbonyl (C=O) groups is 2. The lowest BCUT2D eigenvalue weighted by Crippen LogP contribution is -2.41. The van der Waals surface area contributed by atoms with Crippen LogP contribution in [0, 0.1) is 0 Å². The molecule has 1 aromatic heterocycles. The van der Waals surface area contributed by atoms with Gasteiger partial charge in [-0.1, -0.05) is 0 Å². The van der Waals surface area contributed by atoms with Crippen LogP contribution < -0.4 is 5.32 Å². The normalized spacial score (nSPS) is 14.6. The molecule has 0 spiro atoms. The fourth-order valence-electron chi connectivity index (χ4n) is 2.07. The number of esters is 1. The van der Waals surface area contributed by atoms with Crippen molar-refractivity contribution in [1.29, 1.82) is 0 Å². The first-order valence-corrected chi connectivity index (χ1v) is 8.91. The predicted molar refractivity (Wildman–Crippen MR) is 95.9 cm³/mol. The van der Waals surface area contributed by atoms with Crippen LogP contribution in [0.5, 0.6) is 0 Å². The molecule has 1 N–H and O–H groups in total. The van der Waals surface area contributed by atoms with Crippen molar-refractivity contribution in [2.45, 2.75) is 71.8 Å². The van der Waals surface area contributed by atoms with Gasteiger partial charge in [0.2, 0.25) is 0 Å². The Bertz CT molecular complexity index is 601. The van der Waals surface area contributed by atoms with E-state index in [1.54, 1.807) is 26.2 Å². The van der Waals surface area contributed by atoms with Crippen LogP contribution in [0.1, 0.15) is 70.0 Å². The molecule has 1 amide bonds. The first-order chi connectivity index (χ1) is 11.3. The van der Waals surface area contributed by atoms with Crippen molar-refractivity contribution in [3.63, 3.8) is 0 Å². The first kappa shape index (κ1) is 21.4. The molecule has 0 aromatic carbocycles. The lowest BCUT2D eigenvalue weighted by Gasteiger charge is -2.31. The van der Waals surface area contributed by atoms with Gasteiger partial charge in [0.1, 0.15) is 16.7 Å². The molecular weight excluding hydrogens is 344 g/mol. The Morgan fingerprint density at radius 1 is 1.16 bits per heavy atom. The van der Waals surface area contributed by atoms with E-state index >= 15 is 0 Å². The highest BCUT2D eigenvalue weighted by Crippen LogP contribution is 2.27. The molecule has 0 fully saturated rings. The van der Waals surface area contributed by atoms with E-state index in [9.17, 15) is 9.59 Å². The number of nitrogens with zero attached hydrogens (tertiary/aromatic N) is 1. The number of methoxy groups -OCH3 is 1. The van der Waals surface area contributed by atoms with E-state index in [0.29, 0.717) is 5.01 Å². The number of aromatic nitrogens is 1. The highest BCUT2D eigenvalue weighted by atomic mass is 32.1. The van der Waals surface area contributed by atoms with Gasteiger partial charge in [0.15, 0.2) is 5.69 Å². The summed E-state index contributed by atoms with van der Waals surface area (Å²) in [5.41, 5.74) is -0.833. The number of rotatable bonds is 5. The molecule has 8 heteroatoms. The zero-order valence-electron chi connectivity index (χ0n) is 16.1. The Morgan fingerprint density at radius 2 is 1.76 bits per heavy atom. The minimum Gasteiger partial charge on any atom is -0.464 e. The number of nitrogens with one attached hydrogen (secondary N) is 1. The zero-order valence-corrected chi connectivity index (χ0v) is 16.9. The van der Waals surface area contributed by atoms with Gasteiger partial charge in [0.25, 0.3) is 0 Å². The molecule has 0 saturated carbocycles. The molecule has 0 unspecified atom stereocenters. The Hall–Kier alpha value is -1.67. The largest absolute Gasteiger partial charge is 0.464 e. The van der Waals surface area contributed by atoms with Gasteiger partial charge in [-0.2, -0.15) is 0 Å². The lowest BCUT2D eigenvalue weighted by molar-refractivity contribution is -0.0677. The van der Waals surface area contributed by atoms with Crippen molar-refractivity contribution in [1.82, 2.24) is 10.3 Å². The van der Waals surface area contributed by atoms with Crippen molar-refractivity contribution in [3.05, 3.63) is 16.1 Å². The first-order valence-electron chi connectivity index (χ1n) is 8.03. The molecule has 142 valence electrons. The Morgan fingerprint density at radius 3 is 2.24 bits per heavy atom. The number of thiazole rings is 1. The van der Waals surface area contributed by atoms with Crippen LogP contribution in [0.4, 0.5) is 4.79 Å². The van der Waals surface area contributed by atoms with Crippen LogP contribution in [0.2, 0.25) is 0 Å². The Balaban J connectivity index is 3.04. The van der Waals surface area contributed by atoms with Crippen LogP contribution in [0.25, 0.3) is 0 Å². The van der Waals surface area contributed by atoms with Crippen molar-refractivity contribution in [2.75, 3.05) is 7.11 Å². The minimum absolute atomic E-state index is 0.196. The number of ether oxygens (including phenoxy) is 3.